The number of nitrogens with one attached hydrogen (secondary N) is 1. The average molecular weight is 337 g/mol. The standard InChI is InChI=1S/C19H23N5O/c1-12-16(19(2,3)17(12)25-4)23-15-10-14(13-8-6-5-7-9-13)22-18-20-11-21-24(15)18/h5-12,16-17,23H,1-4H3/t12-,16+,17+/m0/s1. The van der Waals surface area contributed by atoms with Gasteiger partial charge < -0.3 is 10.1 Å². The van der Waals surface area contributed by atoms with Gasteiger partial charge in [0.05, 0.1) is 11.8 Å². The Kier molecular flexibility index (Phi) is 3.72. The van der Waals surface area contributed by atoms with Gasteiger partial charge in [0.15, 0.2) is 0 Å². The third-order valence-electron chi connectivity index (χ3n) is 5.42. The van der Waals surface area contributed by atoms with Gasteiger partial charge >= 0.3 is 0 Å². The van der Waals surface area contributed by atoms with Gasteiger partial charge in [0.2, 0.25) is 0 Å². The first-order chi connectivity index (χ1) is 12.0. The minimum absolute atomic E-state index is 0.0389. The summed E-state index contributed by atoms with van der Waals surface area (Å²) < 4.78 is 7.42. The van der Waals surface area contributed by atoms with E-state index in [1.54, 1.807) is 11.6 Å². The maximum atomic E-state index is 5.66. The molecule has 1 fully saturated rings. The molecular formula is C19H23N5O. The first-order valence-corrected chi connectivity index (χ1v) is 8.58. The van der Waals surface area contributed by atoms with Crippen LogP contribution in [-0.2, 0) is 4.74 Å². The van der Waals surface area contributed by atoms with Gasteiger partial charge in [-0.25, -0.2) is 4.98 Å². The molecule has 6 nitrogen and oxygen atoms in total. The fourth-order valence-corrected chi connectivity index (χ4v) is 4.26. The van der Waals surface area contributed by atoms with Gasteiger partial charge in [-0.3, -0.25) is 0 Å². The van der Waals surface area contributed by atoms with Crippen LogP contribution in [0, 0.1) is 11.3 Å². The molecule has 1 aliphatic rings. The Balaban J connectivity index is 1.73. The summed E-state index contributed by atoms with van der Waals surface area (Å²) in [5, 5.41) is 7.99. The smallest absolute Gasteiger partial charge is 0.254 e. The molecule has 0 aliphatic heterocycles. The number of rotatable bonds is 4. The quantitative estimate of drug-likeness (QED) is 0.791. The molecule has 1 N–H and O–H groups in total. The Hall–Kier alpha value is -2.47. The predicted octanol–water partition coefficient (Wildman–Crippen LogP) is 3.26. The number of nitrogens with zero attached hydrogens (tertiary/aromatic N) is 4. The molecule has 1 saturated carbocycles. The van der Waals surface area contributed by atoms with Crippen LogP contribution in [0.4, 0.5) is 5.82 Å². The molecule has 2 heterocycles. The van der Waals surface area contributed by atoms with Crippen molar-refractivity contribution in [1.82, 2.24) is 19.6 Å². The number of anilines is 1. The van der Waals surface area contributed by atoms with Crippen molar-refractivity contribution in [2.75, 3.05) is 12.4 Å². The van der Waals surface area contributed by atoms with Crippen molar-refractivity contribution in [3.63, 3.8) is 0 Å². The summed E-state index contributed by atoms with van der Waals surface area (Å²) in [7, 11) is 1.79. The molecule has 1 aliphatic carbocycles. The molecule has 2 aromatic heterocycles. The Labute approximate surface area is 147 Å². The fourth-order valence-electron chi connectivity index (χ4n) is 4.26. The Bertz CT molecular complexity index is 889. The highest BCUT2D eigenvalue weighted by atomic mass is 16.5. The van der Waals surface area contributed by atoms with Crippen molar-refractivity contribution in [1.29, 1.82) is 0 Å². The molecule has 3 aromatic rings. The molecule has 0 amide bonds. The minimum Gasteiger partial charge on any atom is -0.380 e. The summed E-state index contributed by atoms with van der Waals surface area (Å²) in [6.45, 7) is 6.68. The lowest BCUT2D eigenvalue weighted by atomic mass is 9.58. The zero-order valence-corrected chi connectivity index (χ0v) is 15.0. The van der Waals surface area contributed by atoms with Crippen LogP contribution in [0.15, 0.2) is 42.7 Å². The fraction of sp³-hybridized carbons (Fsp3) is 0.421. The topological polar surface area (TPSA) is 64.3 Å². The first-order valence-electron chi connectivity index (χ1n) is 8.58. The summed E-state index contributed by atoms with van der Waals surface area (Å²) in [6.07, 6.45) is 1.78. The van der Waals surface area contributed by atoms with Gasteiger partial charge in [0, 0.05) is 36.1 Å². The lowest BCUT2D eigenvalue weighted by Crippen LogP contribution is -2.64. The maximum absolute atomic E-state index is 5.66. The molecule has 3 atom stereocenters. The van der Waals surface area contributed by atoms with Crippen molar-refractivity contribution >= 4 is 11.6 Å². The zero-order chi connectivity index (χ0) is 17.6. The summed E-state index contributed by atoms with van der Waals surface area (Å²) in [6, 6.07) is 12.5. The molecule has 0 unspecified atom stereocenters. The third kappa shape index (κ3) is 2.48. The third-order valence-corrected chi connectivity index (χ3v) is 5.42. The summed E-state index contributed by atoms with van der Waals surface area (Å²) >= 11 is 0. The highest BCUT2D eigenvalue weighted by Crippen LogP contribution is 2.48. The highest BCUT2D eigenvalue weighted by molar-refractivity contribution is 5.65. The average Bonchev–Trinajstić information content (AvgIpc) is 3.09. The second-order valence-corrected chi connectivity index (χ2v) is 7.32. The number of ether oxygens (including phenoxy) is 1. The maximum Gasteiger partial charge on any atom is 0.254 e. The summed E-state index contributed by atoms with van der Waals surface area (Å²) in [5.74, 6) is 1.91. The molecule has 0 spiro atoms. The summed E-state index contributed by atoms with van der Waals surface area (Å²) in [5.41, 5.74) is 1.99. The van der Waals surface area contributed by atoms with Crippen molar-refractivity contribution < 1.29 is 4.74 Å². The van der Waals surface area contributed by atoms with Crippen LogP contribution in [0.5, 0.6) is 0 Å². The number of methoxy groups -OCH3 is 1. The van der Waals surface area contributed by atoms with Crippen molar-refractivity contribution in [2.45, 2.75) is 32.9 Å². The van der Waals surface area contributed by atoms with Gasteiger partial charge in [-0.05, 0) is 0 Å². The van der Waals surface area contributed by atoms with E-state index in [4.69, 9.17) is 4.74 Å². The van der Waals surface area contributed by atoms with Crippen LogP contribution in [0.3, 0.4) is 0 Å². The lowest BCUT2D eigenvalue weighted by Gasteiger charge is -2.56. The minimum atomic E-state index is 0.0389. The van der Waals surface area contributed by atoms with E-state index in [1.165, 1.54) is 6.33 Å². The van der Waals surface area contributed by atoms with Crippen molar-refractivity contribution in [2.24, 2.45) is 11.3 Å². The van der Waals surface area contributed by atoms with E-state index >= 15 is 0 Å². The molecule has 130 valence electrons. The van der Waals surface area contributed by atoms with Gasteiger partial charge in [-0.2, -0.15) is 14.6 Å². The lowest BCUT2D eigenvalue weighted by molar-refractivity contribution is -0.126. The summed E-state index contributed by atoms with van der Waals surface area (Å²) in [4.78, 5) is 8.91. The monoisotopic (exact) mass is 337 g/mol. The number of hydrogen-bond acceptors (Lipinski definition) is 5. The Morgan fingerprint density at radius 2 is 1.96 bits per heavy atom. The van der Waals surface area contributed by atoms with Crippen LogP contribution in [-0.4, -0.2) is 38.8 Å². The second kappa shape index (κ2) is 5.81. The van der Waals surface area contributed by atoms with Crippen molar-refractivity contribution in [3.8, 4) is 11.3 Å². The normalized spacial score (nSPS) is 24.9. The van der Waals surface area contributed by atoms with E-state index in [2.05, 4.69) is 53.3 Å². The molecule has 0 bridgehead atoms. The van der Waals surface area contributed by atoms with Crippen LogP contribution in [0.1, 0.15) is 20.8 Å². The van der Waals surface area contributed by atoms with Crippen molar-refractivity contribution in [3.05, 3.63) is 42.7 Å². The van der Waals surface area contributed by atoms with E-state index in [1.807, 2.05) is 24.3 Å². The van der Waals surface area contributed by atoms with Crippen LogP contribution >= 0.6 is 0 Å². The van der Waals surface area contributed by atoms with E-state index in [-0.39, 0.29) is 17.6 Å². The largest absolute Gasteiger partial charge is 0.380 e. The van der Waals surface area contributed by atoms with E-state index in [9.17, 15) is 0 Å². The number of fused-ring (bicyclic) bond motifs is 1. The molecule has 0 saturated heterocycles. The number of benzene rings is 1. The van der Waals surface area contributed by atoms with Crippen LogP contribution < -0.4 is 5.32 Å². The van der Waals surface area contributed by atoms with Crippen LogP contribution in [0.2, 0.25) is 0 Å². The molecule has 0 radical (unpaired) electrons. The number of hydrogen-bond donors (Lipinski definition) is 1. The Morgan fingerprint density at radius 3 is 2.64 bits per heavy atom. The van der Waals surface area contributed by atoms with E-state index in [0.717, 1.165) is 17.1 Å². The molecule has 6 heteroatoms. The second-order valence-electron chi connectivity index (χ2n) is 7.32. The van der Waals surface area contributed by atoms with Crippen LogP contribution in [0.25, 0.3) is 17.0 Å². The zero-order valence-electron chi connectivity index (χ0n) is 15.0. The van der Waals surface area contributed by atoms with Gasteiger partial charge in [-0.1, -0.05) is 51.1 Å². The van der Waals surface area contributed by atoms with Gasteiger partial charge in [-0.15, -0.1) is 0 Å². The van der Waals surface area contributed by atoms with E-state index in [0.29, 0.717) is 11.7 Å². The first kappa shape index (κ1) is 16.0. The Morgan fingerprint density at radius 1 is 1.20 bits per heavy atom. The SMILES string of the molecule is CO[C@@H]1[C@@H](C)[C@@H](Nc2cc(-c3ccccc3)nc3ncnn23)C1(C)C. The predicted molar refractivity (Wildman–Crippen MR) is 97.4 cm³/mol. The number of aromatic nitrogens is 4. The van der Waals surface area contributed by atoms with Gasteiger partial charge in [0.25, 0.3) is 5.78 Å². The molecular weight excluding hydrogens is 314 g/mol. The van der Waals surface area contributed by atoms with Gasteiger partial charge in [0.1, 0.15) is 12.1 Å². The molecule has 4 rings (SSSR count). The molecule has 1 aromatic carbocycles. The molecule has 25 heavy (non-hydrogen) atoms. The highest BCUT2D eigenvalue weighted by Gasteiger charge is 2.54. The van der Waals surface area contributed by atoms with E-state index < -0.39 is 0 Å².